The first-order valence-corrected chi connectivity index (χ1v) is 4.98. The molecule has 0 amide bonds. The Morgan fingerprint density at radius 1 is 1.33 bits per heavy atom. The normalized spacial score (nSPS) is 11.6. The predicted molar refractivity (Wildman–Crippen MR) is 65.4 cm³/mol. The molecular formula is C12H13NO5. The molecule has 18 heavy (non-hydrogen) atoms. The van der Waals surface area contributed by atoms with Crippen molar-refractivity contribution in [2.45, 2.75) is 0 Å². The number of oxime groups is 1. The highest BCUT2D eigenvalue weighted by Crippen LogP contribution is 2.31. The van der Waals surface area contributed by atoms with E-state index in [0.29, 0.717) is 17.1 Å². The highest BCUT2D eigenvalue weighted by molar-refractivity contribution is 6.40. The summed E-state index contributed by atoms with van der Waals surface area (Å²) in [6.07, 6.45) is 2.63. The van der Waals surface area contributed by atoms with Gasteiger partial charge in [-0.1, -0.05) is 17.3 Å². The number of ether oxygens (including phenoxy) is 2. The lowest BCUT2D eigenvalue weighted by Crippen LogP contribution is -2.09. The number of nitrogens with zero attached hydrogens (tertiary/aromatic N) is 1. The van der Waals surface area contributed by atoms with Gasteiger partial charge < -0.3 is 19.8 Å². The van der Waals surface area contributed by atoms with Crippen molar-refractivity contribution in [2.75, 3.05) is 14.2 Å². The molecule has 0 aliphatic heterocycles. The van der Waals surface area contributed by atoms with Crippen LogP contribution in [0.2, 0.25) is 0 Å². The molecule has 0 aliphatic rings. The Kier molecular flexibility index (Phi) is 4.74. The van der Waals surface area contributed by atoms with E-state index in [-0.39, 0.29) is 0 Å². The van der Waals surface area contributed by atoms with Crippen LogP contribution in [0.1, 0.15) is 5.56 Å². The lowest BCUT2D eigenvalue weighted by Gasteiger charge is -2.09. The maximum absolute atomic E-state index is 10.6. The van der Waals surface area contributed by atoms with Crippen LogP contribution in [0.4, 0.5) is 0 Å². The summed E-state index contributed by atoms with van der Waals surface area (Å²) in [4.78, 5) is 10.6. The third kappa shape index (κ3) is 3.00. The van der Waals surface area contributed by atoms with Crippen molar-refractivity contribution in [3.63, 3.8) is 0 Å². The highest BCUT2D eigenvalue weighted by atomic mass is 16.5. The molecule has 0 spiro atoms. The monoisotopic (exact) mass is 251 g/mol. The first-order valence-electron chi connectivity index (χ1n) is 4.98. The second kappa shape index (κ2) is 6.29. The second-order valence-corrected chi connectivity index (χ2v) is 3.21. The lowest BCUT2D eigenvalue weighted by atomic mass is 10.1. The van der Waals surface area contributed by atoms with Gasteiger partial charge in [0.1, 0.15) is 0 Å². The first-order chi connectivity index (χ1) is 8.63. The van der Waals surface area contributed by atoms with E-state index in [4.69, 9.17) is 19.8 Å². The SMILES string of the molecule is COc1cccc(/C=C/C(=N\O)C(=O)O)c1OC. The number of carbonyl (C=O) groups is 1. The molecule has 96 valence electrons. The smallest absolute Gasteiger partial charge is 0.357 e. The van der Waals surface area contributed by atoms with Crippen molar-refractivity contribution < 1.29 is 24.6 Å². The third-order valence-electron chi connectivity index (χ3n) is 2.18. The Morgan fingerprint density at radius 3 is 2.56 bits per heavy atom. The number of para-hydroxylation sites is 1. The van der Waals surface area contributed by atoms with Gasteiger partial charge in [-0.3, -0.25) is 0 Å². The van der Waals surface area contributed by atoms with Crippen LogP contribution in [0.15, 0.2) is 29.4 Å². The minimum Gasteiger partial charge on any atom is -0.493 e. The summed E-state index contributed by atoms with van der Waals surface area (Å²) < 4.78 is 10.3. The van der Waals surface area contributed by atoms with Gasteiger partial charge in [0.15, 0.2) is 17.2 Å². The molecule has 0 unspecified atom stereocenters. The zero-order valence-corrected chi connectivity index (χ0v) is 9.95. The molecule has 0 radical (unpaired) electrons. The summed E-state index contributed by atoms with van der Waals surface area (Å²) in [5.74, 6) is -0.327. The Bertz CT molecular complexity index is 493. The topological polar surface area (TPSA) is 88.4 Å². The van der Waals surface area contributed by atoms with Crippen LogP contribution in [0.3, 0.4) is 0 Å². The van der Waals surface area contributed by atoms with Gasteiger partial charge in [0, 0.05) is 5.56 Å². The maximum Gasteiger partial charge on any atom is 0.357 e. The molecule has 0 fully saturated rings. The molecular weight excluding hydrogens is 238 g/mol. The fourth-order valence-corrected chi connectivity index (χ4v) is 1.36. The number of hydrogen-bond donors (Lipinski definition) is 2. The van der Waals surface area contributed by atoms with Crippen LogP contribution in [-0.2, 0) is 4.79 Å². The van der Waals surface area contributed by atoms with E-state index in [1.54, 1.807) is 18.2 Å². The molecule has 6 heteroatoms. The zero-order valence-electron chi connectivity index (χ0n) is 9.95. The molecule has 0 saturated heterocycles. The summed E-state index contributed by atoms with van der Waals surface area (Å²) in [5.41, 5.74) is 0.138. The maximum atomic E-state index is 10.6. The molecule has 1 aromatic carbocycles. The van der Waals surface area contributed by atoms with E-state index in [0.717, 1.165) is 0 Å². The fourth-order valence-electron chi connectivity index (χ4n) is 1.36. The Hall–Kier alpha value is -2.50. The molecule has 2 N–H and O–H groups in total. The zero-order chi connectivity index (χ0) is 13.5. The summed E-state index contributed by atoms with van der Waals surface area (Å²) in [6, 6.07) is 5.17. The molecule has 1 rings (SSSR count). The van der Waals surface area contributed by atoms with E-state index in [2.05, 4.69) is 5.16 Å². The van der Waals surface area contributed by atoms with Gasteiger partial charge in [-0.15, -0.1) is 0 Å². The summed E-state index contributed by atoms with van der Waals surface area (Å²) in [5, 5.41) is 19.8. The molecule has 0 aromatic heterocycles. The van der Waals surface area contributed by atoms with Crippen LogP contribution >= 0.6 is 0 Å². The molecule has 0 bridgehead atoms. The van der Waals surface area contributed by atoms with Crippen LogP contribution in [0.25, 0.3) is 6.08 Å². The second-order valence-electron chi connectivity index (χ2n) is 3.21. The lowest BCUT2D eigenvalue weighted by molar-refractivity contribution is -0.129. The average molecular weight is 251 g/mol. The van der Waals surface area contributed by atoms with Gasteiger partial charge in [-0.2, -0.15) is 0 Å². The minimum absolute atomic E-state index is 0.471. The standard InChI is InChI=1S/C12H13NO5/c1-17-10-5-3-4-8(11(10)18-2)6-7-9(13-16)12(14)15/h3-7,16H,1-2H3,(H,14,15)/b7-6+,13-9+. The van der Waals surface area contributed by atoms with Crippen LogP contribution in [-0.4, -0.2) is 36.2 Å². The Balaban J connectivity index is 3.11. The van der Waals surface area contributed by atoms with Crippen molar-refractivity contribution in [3.8, 4) is 11.5 Å². The number of methoxy groups -OCH3 is 2. The van der Waals surface area contributed by atoms with Crippen molar-refractivity contribution in [1.29, 1.82) is 0 Å². The van der Waals surface area contributed by atoms with Gasteiger partial charge in [0.05, 0.1) is 14.2 Å². The number of aliphatic carboxylic acids is 1. The molecule has 0 atom stereocenters. The van der Waals surface area contributed by atoms with E-state index in [9.17, 15) is 4.79 Å². The number of carboxylic acid groups (broad SMARTS) is 1. The van der Waals surface area contributed by atoms with Crippen molar-refractivity contribution in [3.05, 3.63) is 29.8 Å². The van der Waals surface area contributed by atoms with Crippen molar-refractivity contribution in [1.82, 2.24) is 0 Å². The quantitative estimate of drug-likeness (QED) is 0.471. The minimum atomic E-state index is -1.32. The summed E-state index contributed by atoms with van der Waals surface area (Å²) in [6.45, 7) is 0. The number of hydrogen-bond acceptors (Lipinski definition) is 5. The first kappa shape index (κ1) is 13.6. The van der Waals surface area contributed by atoms with Crippen LogP contribution in [0, 0.1) is 0 Å². The van der Waals surface area contributed by atoms with Crippen LogP contribution in [0.5, 0.6) is 11.5 Å². The predicted octanol–water partition coefficient (Wildman–Crippen LogP) is 1.63. The van der Waals surface area contributed by atoms with Crippen LogP contribution < -0.4 is 9.47 Å². The van der Waals surface area contributed by atoms with Crippen molar-refractivity contribution >= 4 is 17.8 Å². The summed E-state index contributed by atoms with van der Waals surface area (Å²) in [7, 11) is 2.98. The fraction of sp³-hybridized carbons (Fsp3) is 0.167. The Morgan fingerprint density at radius 2 is 2.06 bits per heavy atom. The summed E-state index contributed by atoms with van der Waals surface area (Å²) >= 11 is 0. The van der Waals surface area contributed by atoms with E-state index >= 15 is 0 Å². The molecule has 1 aromatic rings. The van der Waals surface area contributed by atoms with E-state index in [1.807, 2.05) is 0 Å². The largest absolute Gasteiger partial charge is 0.493 e. The highest BCUT2D eigenvalue weighted by Gasteiger charge is 2.09. The molecule has 0 heterocycles. The third-order valence-corrected chi connectivity index (χ3v) is 2.18. The van der Waals surface area contributed by atoms with Crippen molar-refractivity contribution in [2.24, 2.45) is 5.16 Å². The molecule has 6 nitrogen and oxygen atoms in total. The Labute approximate surface area is 104 Å². The number of benzene rings is 1. The average Bonchev–Trinajstić information content (AvgIpc) is 2.38. The van der Waals surface area contributed by atoms with Gasteiger partial charge in [-0.05, 0) is 18.2 Å². The van der Waals surface area contributed by atoms with Gasteiger partial charge in [-0.25, -0.2) is 4.79 Å². The van der Waals surface area contributed by atoms with E-state index < -0.39 is 11.7 Å². The number of rotatable bonds is 5. The van der Waals surface area contributed by atoms with Gasteiger partial charge >= 0.3 is 5.97 Å². The molecule has 0 saturated carbocycles. The number of carboxylic acids is 1. The van der Waals surface area contributed by atoms with Gasteiger partial charge in [0.25, 0.3) is 0 Å². The van der Waals surface area contributed by atoms with Gasteiger partial charge in [0.2, 0.25) is 0 Å². The molecule has 0 aliphatic carbocycles. The van der Waals surface area contributed by atoms with E-state index in [1.165, 1.54) is 26.4 Å².